The minimum Gasteiger partial charge on any atom is -0.496 e. The van der Waals surface area contributed by atoms with Gasteiger partial charge in [0.25, 0.3) is 0 Å². The molecule has 134 valence electrons. The zero-order valence-electron chi connectivity index (χ0n) is 15.1. The number of carbonyl (C=O) groups is 1. The van der Waals surface area contributed by atoms with Gasteiger partial charge in [0.2, 0.25) is 17.8 Å². The van der Waals surface area contributed by atoms with Crippen molar-refractivity contribution in [2.75, 3.05) is 23.5 Å². The molecule has 0 saturated heterocycles. The zero-order valence-corrected chi connectivity index (χ0v) is 15.9. The Bertz CT molecular complexity index is 754. The first-order chi connectivity index (χ1) is 11.9. The Labute approximate surface area is 152 Å². The summed E-state index contributed by atoms with van der Waals surface area (Å²) in [4.78, 5) is 24.2. The van der Waals surface area contributed by atoms with Gasteiger partial charge in [0.15, 0.2) is 5.16 Å². The van der Waals surface area contributed by atoms with Crippen LogP contribution in [-0.2, 0) is 4.79 Å². The fourth-order valence-electron chi connectivity index (χ4n) is 2.28. The molecule has 2 N–H and O–H groups in total. The number of benzene rings is 1. The van der Waals surface area contributed by atoms with E-state index in [1.807, 2.05) is 32.9 Å². The van der Waals surface area contributed by atoms with Gasteiger partial charge in [0.05, 0.1) is 13.2 Å². The van der Waals surface area contributed by atoms with Gasteiger partial charge in [-0.15, -0.1) is 0 Å². The Hall–Kier alpha value is -2.35. The molecule has 0 bridgehead atoms. The Morgan fingerprint density at radius 1 is 1.28 bits per heavy atom. The highest BCUT2D eigenvalue weighted by molar-refractivity contribution is 7.99. The first-order valence-electron chi connectivity index (χ1n) is 8.00. The molecule has 0 aliphatic heterocycles. The van der Waals surface area contributed by atoms with E-state index in [0.717, 1.165) is 22.6 Å². The van der Waals surface area contributed by atoms with E-state index < -0.39 is 0 Å². The van der Waals surface area contributed by atoms with E-state index in [-0.39, 0.29) is 17.9 Å². The number of hydrogen-bond acceptors (Lipinski definition) is 7. The quantitative estimate of drug-likeness (QED) is 0.730. The van der Waals surface area contributed by atoms with Crippen molar-refractivity contribution in [3.8, 4) is 5.75 Å². The number of anilines is 2. The minimum absolute atomic E-state index is 0.0170. The third-order valence-corrected chi connectivity index (χ3v) is 4.17. The van der Waals surface area contributed by atoms with Crippen LogP contribution in [0.15, 0.2) is 23.4 Å². The topological polar surface area (TPSA) is 89.0 Å². The van der Waals surface area contributed by atoms with Crippen molar-refractivity contribution >= 4 is 29.6 Å². The van der Waals surface area contributed by atoms with Crippen molar-refractivity contribution in [1.82, 2.24) is 15.0 Å². The number of methoxy groups -OCH3 is 1. The van der Waals surface area contributed by atoms with Crippen LogP contribution in [0.1, 0.15) is 37.9 Å². The van der Waals surface area contributed by atoms with E-state index in [0.29, 0.717) is 11.1 Å². The molecule has 2 aromatic rings. The number of amides is 1. The molecule has 0 radical (unpaired) electrons. The molecule has 2 rings (SSSR count). The molecule has 1 aromatic carbocycles. The van der Waals surface area contributed by atoms with Gasteiger partial charge in [-0.05, 0) is 36.8 Å². The standard InChI is InChI=1S/C17H23N5O2S/c1-6-25-17-21-15(20-16(22-17)19-12(4)23)18-11(3)13-7-8-14(24-5)10(2)9-13/h7-9,11H,6H2,1-5H3,(H2,18,19,20,21,22,23). The van der Waals surface area contributed by atoms with Crippen molar-refractivity contribution in [3.05, 3.63) is 29.3 Å². The van der Waals surface area contributed by atoms with Crippen LogP contribution in [0.2, 0.25) is 0 Å². The van der Waals surface area contributed by atoms with Crippen LogP contribution in [0, 0.1) is 6.92 Å². The molecule has 1 atom stereocenters. The molecule has 7 nitrogen and oxygen atoms in total. The number of nitrogens with one attached hydrogen (secondary N) is 2. The van der Waals surface area contributed by atoms with Gasteiger partial charge in [-0.1, -0.05) is 30.8 Å². The number of rotatable bonds is 7. The monoisotopic (exact) mass is 361 g/mol. The summed E-state index contributed by atoms with van der Waals surface area (Å²) in [5.74, 6) is 2.14. The van der Waals surface area contributed by atoms with Gasteiger partial charge in [-0.25, -0.2) is 0 Å². The Kier molecular flexibility index (Phi) is 6.58. The third kappa shape index (κ3) is 5.32. The lowest BCUT2D eigenvalue weighted by Crippen LogP contribution is -2.15. The van der Waals surface area contributed by atoms with Gasteiger partial charge >= 0.3 is 0 Å². The number of hydrogen-bond donors (Lipinski definition) is 2. The second-order valence-corrected chi connectivity index (χ2v) is 6.71. The van der Waals surface area contributed by atoms with E-state index in [1.165, 1.54) is 18.7 Å². The van der Waals surface area contributed by atoms with Gasteiger partial charge in [0.1, 0.15) is 5.75 Å². The van der Waals surface area contributed by atoms with Crippen LogP contribution in [-0.4, -0.2) is 33.7 Å². The average molecular weight is 361 g/mol. The number of nitrogens with zero attached hydrogens (tertiary/aromatic N) is 3. The van der Waals surface area contributed by atoms with Crippen LogP contribution in [0.3, 0.4) is 0 Å². The molecular weight excluding hydrogens is 338 g/mol. The fraction of sp³-hybridized carbons (Fsp3) is 0.412. The van der Waals surface area contributed by atoms with Crippen molar-refractivity contribution in [2.45, 2.75) is 38.9 Å². The number of ether oxygens (including phenoxy) is 1. The molecule has 0 saturated carbocycles. The number of aromatic nitrogens is 3. The highest BCUT2D eigenvalue weighted by atomic mass is 32.2. The molecular formula is C17H23N5O2S. The molecule has 0 aliphatic rings. The average Bonchev–Trinajstić information content (AvgIpc) is 2.54. The Morgan fingerprint density at radius 2 is 2.00 bits per heavy atom. The summed E-state index contributed by atoms with van der Waals surface area (Å²) in [6.45, 7) is 7.47. The highest BCUT2D eigenvalue weighted by Crippen LogP contribution is 2.25. The van der Waals surface area contributed by atoms with E-state index in [4.69, 9.17) is 4.74 Å². The molecule has 1 heterocycles. The van der Waals surface area contributed by atoms with Crippen LogP contribution < -0.4 is 15.4 Å². The third-order valence-electron chi connectivity index (χ3n) is 3.44. The SMILES string of the molecule is CCSc1nc(NC(C)=O)nc(NC(C)c2ccc(OC)c(C)c2)n1. The zero-order chi connectivity index (χ0) is 18.4. The first-order valence-corrected chi connectivity index (χ1v) is 8.99. The normalized spacial score (nSPS) is 11.7. The van der Waals surface area contributed by atoms with Crippen molar-refractivity contribution < 1.29 is 9.53 Å². The molecule has 25 heavy (non-hydrogen) atoms. The minimum atomic E-state index is -0.219. The second-order valence-electron chi connectivity index (χ2n) is 5.47. The summed E-state index contributed by atoms with van der Waals surface area (Å²) in [6.07, 6.45) is 0. The number of aryl methyl sites for hydroxylation is 1. The lowest BCUT2D eigenvalue weighted by molar-refractivity contribution is -0.114. The maximum atomic E-state index is 11.3. The van der Waals surface area contributed by atoms with Crippen molar-refractivity contribution in [1.29, 1.82) is 0 Å². The van der Waals surface area contributed by atoms with E-state index in [1.54, 1.807) is 7.11 Å². The molecule has 0 spiro atoms. The summed E-state index contributed by atoms with van der Waals surface area (Å²) in [5.41, 5.74) is 2.15. The van der Waals surface area contributed by atoms with Gasteiger partial charge in [-0.3, -0.25) is 10.1 Å². The van der Waals surface area contributed by atoms with E-state index >= 15 is 0 Å². The van der Waals surface area contributed by atoms with Gasteiger partial charge in [0, 0.05) is 6.92 Å². The van der Waals surface area contributed by atoms with Gasteiger partial charge < -0.3 is 10.1 Å². The molecule has 0 aliphatic carbocycles. The molecule has 0 fully saturated rings. The predicted octanol–water partition coefficient (Wildman–Crippen LogP) is 3.43. The molecule has 1 unspecified atom stereocenters. The summed E-state index contributed by atoms with van der Waals surface area (Å²) in [7, 11) is 1.66. The first kappa shape index (κ1) is 19.0. The highest BCUT2D eigenvalue weighted by Gasteiger charge is 2.12. The van der Waals surface area contributed by atoms with Crippen LogP contribution in [0.4, 0.5) is 11.9 Å². The Balaban J connectivity index is 2.23. The number of thioether (sulfide) groups is 1. The fourth-order valence-corrected chi connectivity index (χ4v) is 2.84. The Morgan fingerprint density at radius 3 is 2.60 bits per heavy atom. The lowest BCUT2D eigenvalue weighted by Gasteiger charge is -2.16. The van der Waals surface area contributed by atoms with Crippen LogP contribution in [0.25, 0.3) is 0 Å². The van der Waals surface area contributed by atoms with Crippen LogP contribution in [0.5, 0.6) is 5.75 Å². The maximum absolute atomic E-state index is 11.3. The lowest BCUT2D eigenvalue weighted by atomic mass is 10.1. The van der Waals surface area contributed by atoms with E-state index in [9.17, 15) is 4.79 Å². The molecule has 8 heteroatoms. The summed E-state index contributed by atoms with van der Waals surface area (Å²) >= 11 is 1.49. The second kappa shape index (κ2) is 8.66. The number of carbonyl (C=O) groups excluding carboxylic acids is 1. The van der Waals surface area contributed by atoms with Crippen LogP contribution >= 0.6 is 11.8 Å². The maximum Gasteiger partial charge on any atom is 0.235 e. The van der Waals surface area contributed by atoms with Gasteiger partial charge in [-0.2, -0.15) is 15.0 Å². The van der Waals surface area contributed by atoms with E-state index in [2.05, 4.69) is 31.7 Å². The summed E-state index contributed by atoms with van der Waals surface area (Å²) in [6, 6.07) is 5.99. The molecule has 1 aromatic heterocycles. The smallest absolute Gasteiger partial charge is 0.235 e. The largest absolute Gasteiger partial charge is 0.496 e. The van der Waals surface area contributed by atoms with Crippen molar-refractivity contribution in [3.63, 3.8) is 0 Å². The van der Waals surface area contributed by atoms with Crippen molar-refractivity contribution in [2.24, 2.45) is 0 Å². The summed E-state index contributed by atoms with van der Waals surface area (Å²) < 4.78 is 5.30. The summed E-state index contributed by atoms with van der Waals surface area (Å²) in [5, 5.41) is 6.45. The predicted molar refractivity (Wildman–Crippen MR) is 100 cm³/mol. The molecule has 1 amide bonds.